The number of amides is 1. The molecule has 0 radical (unpaired) electrons. The van der Waals surface area contributed by atoms with Crippen molar-refractivity contribution in [2.75, 3.05) is 0 Å². The second-order valence-electron chi connectivity index (χ2n) is 7.35. The van der Waals surface area contributed by atoms with Gasteiger partial charge >= 0.3 is 0 Å². The lowest BCUT2D eigenvalue weighted by Crippen LogP contribution is -2.44. The lowest BCUT2D eigenvalue weighted by atomic mass is 9.98. The molecule has 0 spiro atoms. The minimum Gasteiger partial charge on any atom is -0.323 e. The molecule has 2 fully saturated rings. The highest BCUT2D eigenvalue weighted by atomic mass is 16.2. The minimum absolute atomic E-state index is 0.0484. The summed E-state index contributed by atoms with van der Waals surface area (Å²) >= 11 is 0. The third kappa shape index (κ3) is 3.80. The van der Waals surface area contributed by atoms with Crippen molar-refractivity contribution in [1.29, 1.82) is 0 Å². The lowest BCUT2D eigenvalue weighted by Gasteiger charge is -2.32. The molecule has 5 atom stereocenters. The number of nitrogens with one attached hydrogen (secondary N) is 1. The second kappa shape index (κ2) is 7.62. The summed E-state index contributed by atoms with van der Waals surface area (Å²) in [4.78, 5) is 15.2. The van der Waals surface area contributed by atoms with Crippen LogP contribution in [0.5, 0.6) is 0 Å². The number of carbonyl (C=O) groups excluding carboxylic acids is 1. The SMILES string of the molecule is CCCC1NC(C(C)CC)C(=O)N1C1CCCC(C)CC1. The fourth-order valence-corrected chi connectivity index (χ4v) is 3.99. The number of hydrogen-bond acceptors (Lipinski definition) is 2. The van der Waals surface area contributed by atoms with Crippen LogP contribution in [0.15, 0.2) is 0 Å². The number of nitrogens with zero attached hydrogens (tertiary/aromatic N) is 1. The number of carbonyl (C=O) groups is 1. The maximum Gasteiger partial charge on any atom is 0.241 e. The van der Waals surface area contributed by atoms with Gasteiger partial charge in [-0.1, -0.05) is 53.4 Å². The first kappa shape index (κ1) is 16.8. The largest absolute Gasteiger partial charge is 0.323 e. The zero-order valence-electron chi connectivity index (χ0n) is 14.4. The summed E-state index contributed by atoms with van der Waals surface area (Å²) in [5, 5.41) is 3.65. The number of hydrogen-bond donors (Lipinski definition) is 1. The molecule has 0 bridgehead atoms. The van der Waals surface area contributed by atoms with Crippen LogP contribution in [0.1, 0.15) is 79.1 Å². The van der Waals surface area contributed by atoms with Gasteiger partial charge in [0.05, 0.1) is 12.2 Å². The Kier molecular flexibility index (Phi) is 6.09. The predicted octanol–water partition coefficient (Wildman–Crippen LogP) is 3.93. The molecule has 3 heteroatoms. The summed E-state index contributed by atoms with van der Waals surface area (Å²) in [7, 11) is 0. The minimum atomic E-state index is 0.0484. The number of rotatable bonds is 5. The first-order chi connectivity index (χ1) is 10.1. The Morgan fingerprint density at radius 1 is 1.24 bits per heavy atom. The molecular formula is C18H34N2O. The Labute approximate surface area is 130 Å². The fourth-order valence-electron chi connectivity index (χ4n) is 3.99. The highest BCUT2D eigenvalue weighted by Crippen LogP contribution is 2.31. The van der Waals surface area contributed by atoms with Gasteiger partial charge in [-0.05, 0) is 37.5 Å². The third-order valence-corrected chi connectivity index (χ3v) is 5.62. The molecule has 1 amide bonds. The van der Waals surface area contributed by atoms with Gasteiger partial charge in [-0.15, -0.1) is 0 Å². The average molecular weight is 294 g/mol. The molecule has 5 unspecified atom stereocenters. The first-order valence-corrected chi connectivity index (χ1v) is 9.16. The van der Waals surface area contributed by atoms with Gasteiger partial charge < -0.3 is 4.90 Å². The normalized spacial score (nSPS) is 35.8. The molecule has 1 heterocycles. The van der Waals surface area contributed by atoms with Crippen LogP contribution in [0.25, 0.3) is 0 Å². The summed E-state index contributed by atoms with van der Waals surface area (Å²) in [5.74, 6) is 1.64. The predicted molar refractivity (Wildman–Crippen MR) is 88.0 cm³/mol. The van der Waals surface area contributed by atoms with E-state index in [9.17, 15) is 4.79 Å². The fraction of sp³-hybridized carbons (Fsp3) is 0.944. The Morgan fingerprint density at radius 3 is 2.67 bits per heavy atom. The lowest BCUT2D eigenvalue weighted by molar-refractivity contribution is -0.133. The molecule has 0 aromatic rings. The Balaban J connectivity index is 2.11. The van der Waals surface area contributed by atoms with E-state index in [0.29, 0.717) is 17.9 Å². The second-order valence-corrected chi connectivity index (χ2v) is 7.35. The van der Waals surface area contributed by atoms with E-state index in [-0.39, 0.29) is 12.2 Å². The van der Waals surface area contributed by atoms with Crippen molar-refractivity contribution in [3.63, 3.8) is 0 Å². The van der Waals surface area contributed by atoms with Crippen LogP contribution >= 0.6 is 0 Å². The van der Waals surface area contributed by atoms with Crippen LogP contribution < -0.4 is 5.32 Å². The molecule has 1 saturated carbocycles. The summed E-state index contributed by atoms with van der Waals surface area (Å²) < 4.78 is 0. The standard InChI is InChI=1S/C18H34N2O/c1-5-8-16-19-17(14(4)6-2)18(21)20(16)15-10-7-9-13(3)11-12-15/h13-17,19H,5-12H2,1-4H3. The van der Waals surface area contributed by atoms with Gasteiger partial charge in [0.25, 0.3) is 0 Å². The smallest absolute Gasteiger partial charge is 0.241 e. The summed E-state index contributed by atoms with van der Waals surface area (Å²) in [5.41, 5.74) is 0. The monoisotopic (exact) mass is 294 g/mol. The van der Waals surface area contributed by atoms with Crippen molar-refractivity contribution in [3.05, 3.63) is 0 Å². The third-order valence-electron chi connectivity index (χ3n) is 5.62. The van der Waals surface area contributed by atoms with Gasteiger partial charge in [-0.3, -0.25) is 10.1 Å². The zero-order valence-corrected chi connectivity index (χ0v) is 14.4. The summed E-state index contributed by atoms with van der Waals surface area (Å²) in [6, 6.07) is 0.521. The van der Waals surface area contributed by atoms with Crippen molar-refractivity contribution < 1.29 is 4.79 Å². The van der Waals surface area contributed by atoms with Crippen molar-refractivity contribution in [1.82, 2.24) is 10.2 Å². The Hall–Kier alpha value is -0.570. The first-order valence-electron chi connectivity index (χ1n) is 9.16. The van der Waals surface area contributed by atoms with Gasteiger partial charge in [0.1, 0.15) is 0 Å². The molecule has 1 aliphatic carbocycles. The van der Waals surface area contributed by atoms with Gasteiger partial charge in [-0.25, -0.2) is 0 Å². The van der Waals surface area contributed by atoms with Crippen LogP contribution in [0.4, 0.5) is 0 Å². The molecule has 0 aromatic carbocycles. The van der Waals surface area contributed by atoms with Crippen LogP contribution in [0, 0.1) is 11.8 Å². The molecule has 2 aliphatic rings. The van der Waals surface area contributed by atoms with Crippen LogP contribution in [0.2, 0.25) is 0 Å². The van der Waals surface area contributed by atoms with Gasteiger partial charge in [0, 0.05) is 6.04 Å². The van der Waals surface area contributed by atoms with Gasteiger partial charge in [0.2, 0.25) is 5.91 Å². The van der Waals surface area contributed by atoms with E-state index in [1.807, 2.05) is 0 Å². The molecule has 2 rings (SSSR count). The summed E-state index contributed by atoms with van der Waals surface area (Å²) in [6.07, 6.45) is 9.86. The van der Waals surface area contributed by atoms with E-state index in [1.54, 1.807) is 0 Å². The van der Waals surface area contributed by atoms with Crippen molar-refractivity contribution >= 4 is 5.91 Å². The van der Waals surface area contributed by atoms with Crippen molar-refractivity contribution in [2.45, 2.75) is 97.3 Å². The average Bonchev–Trinajstić information content (AvgIpc) is 2.64. The highest BCUT2D eigenvalue weighted by Gasteiger charge is 2.43. The molecule has 0 aromatic heterocycles. The quantitative estimate of drug-likeness (QED) is 0.779. The van der Waals surface area contributed by atoms with E-state index in [4.69, 9.17) is 0 Å². The van der Waals surface area contributed by atoms with Crippen LogP contribution in [-0.4, -0.2) is 29.1 Å². The Morgan fingerprint density at radius 2 is 2.00 bits per heavy atom. The molecule has 3 nitrogen and oxygen atoms in total. The van der Waals surface area contributed by atoms with E-state index >= 15 is 0 Å². The topological polar surface area (TPSA) is 32.3 Å². The highest BCUT2D eigenvalue weighted by molar-refractivity contribution is 5.85. The van der Waals surface area contributed by atoms with Crippen LogP contribution in [0.3, 0.4) is 0 Å². The zero-order chi connectivity index (χ0) is 15.4. The van der Waals surface area contributed by atoms with Gasteiger partial charge in [0.15, 0.2) is 0 Å². The van der Waals surface area contributed by atoms with E-state index in [1.165, 1.54) is 32.1 Å². The molecule has 1 aliphatic heterocycles. The molecule has 1 N–H and O–H groups in total. The molecular weight excluding hydrogens is 260 g/mol. The van der Waals surface area contributed by atoms with E-state index < -0.39 is 0 Å². The molecule has 1 saturated heterocycles. The molecule has 21 heavy (non-hydrogen) atoms. The summed E-state index contributed by atoms with van der Waals surface area (Å²) in [6.45, 7) is 8.97. The maximum absolute atomic E-state index is 12.9. The van der Waals surface area contributed by atoms with E-state index in [2.05, 4.69) is 37.9 Å². The van der Waals surface area contributed by atoms with E-state index in [0.717, 1.165) is 25.2 Å². The van der Waals surface area contributed by atoms with Crippen molar-refractivity contribution in [3.8, 4) is 0 Å². The van der Waals surface area contributed by atoms with Crippen molar-refractivity contribution in [2.24, 2.45) is 11.8 Å². The van der Waals surface area contributed by atoms with Gasteiger partial charge in [-0.2, -0.15) is 0 Å². The Bertz CT molecular complexity index is 344. The maximum atomic E-state index is 12.9. The van der Waals surface area contributed by atoms with Crippen LogP contribution in [-0.2, 0) is 4.79 Å². The molecule has 122 valence electrons.